The molecule has 3 nitrogen and oxygen atoms in total. The fraction of sp³-hybridized carbons (Fsp3) is 0.611. The van der Waals surface area contributed by atoms with Crippen molar-refractivity contribution in [1.82, 2.24) is 5.32 Å². The van der Waals surface area contributed by atoms with E-state index < -0.39 is 5.41 Å². The van der Waals surface area contributed by atoms with Crippen LogP contribution in [-0.4, -0.2) is 25.0 Å². The van der Waals surface area contributed by atoms with E-state index in [1.807, 2.05) is 30.9 Å². The molecule has 2 unspecified atom stereocenters. The lowest BCUT2D eigenvalue weighted by Crippen LogP contribution is -2.48. The molecule has 0 spiro atoms. The van der Waals surface area contributed by atoms with Crippen molar-refractivity contribution in [2.24, 2.45) is 5.92 Å². The summed E-state index contributed by atoms with van der Waals surface area (Å²) in [5, 5.41) is 3.55. The van der Waals surface area contributed by atoms with Gasteiger partial charge in [-0.25, -0.2) is 0 Å². The SMILES string of the molecule is CCNC(CN1C(=O)C(C)(C)c2ccccc21)C(C)CC. The smallest absolute Gasteiger partial charge is 0.237 e. The number of likely N-dealkylation sites (N-methyl/N-ethyl adjacent to an activating group) is 1. The molecule has 2 rings (SSSR count). The number of nitrogens with zero attached hydrogens (tertiary/aromatic N) is 1. The molecule has 0 saturated carbocycles. The van der Waals surface area contributed by atoms with Crippen molar-refractivity contribution in [3.63, 3.8) is 0 Å². The topological polar surface area (TPSA) is 32.3 Å². The summed E-state index contributed by atoms with van der Waals surface area (Å²) in [5.74, 6) is 0.767. The minimum Gasteiger partial charge on any atom is -0.312 e. The standard InChI is InChI=1S/C18H28N2O/c1-6-13(3)15(19-7-2)12-20-16-11-9-8-10-14(16)18(4,5)17(20)21/h8-11,13,15,19H,6-7,12H2,1-5H3. The summed E-state index contributed by atoms with van der Waals surface area (Å²) in [5.41, 5.74) is 1.82. The highest BCUT2D eigenvalue weighted by molar-refractivity contribution is 6.07. The second-order valence-corrected chi connectivity index (χ2v) is 6.61. The number of amides is 1. The summed E-state index contributed by atoms with van der Waals surface area (Å²) in [6.07, 6.45) is 1.12. The normalized spacial score (nSPS) is 19.5. The largest absolute Gasteiger partial charge is 0.312 e. The Balaban J connectivity index is 2.29. The Kier molecular flexibility index (Phi) is 4.72. The Morgan fingerprint density at radius 1 is 1.24 bits per heavy atom. The maximum absolute atomic E-state index is 12.8. The van der Waals surface area contributed by atoms with E-state index in [4.69, 9.17) is 0 Å². The van der Waals surface area contributed by atoms with Gasteiger partial charge in [-0.1, -0.05) is 45.4 Å². The van der Waals surface area contributed by atoms with Gasteiger partial charge >= 0.3 is 0 Å². The van der Waals surface area contributed by atoms with Crippen LogP contribution in [0.3, 0.4) is 0 Å². The van der Waals surface area contributed by atoms with Crippen molar-refractivity contribution < 1.29 is 4.79 Å². The molecule has 116 valence electrons. The number of benzene rings is 1. The zero-order valence-corrected chi connectivity index (χ0v) is 13.9. The number of carbonyl (C=O) groups excluding carboxylic acids is 1. The summed E-state index contributed by atoms with van der Waals surface area (Å²) in [7, 11) is 0. The Labute approximate surface area is 128 Å². The molecule has 0 radical (unpaired) electrons. The van der Waals surface area contributed by atoms with E-state index in [1.54, 1.807) is 0 Å². The molecule has 0 fully saturated rings. The van der Waals surface area contributed by atoms with Crippen molar-refractivity contribution in [2.45, 2.75) is 52.5 Å². The number of carbonyl (C=O) groups is 1. The van der Waals surface area contributed by atoms with E-state index in [1.165, 1.54) is 0 Å². The molecule has 2 atom stereocenters. The average Bonchev–Trinajstić information content (AvgIpc) is 2.67. The van der Waals surface area contributed by atoms with Crippen LogP contribution in [0.4, 0.5) is 5.69 Å². The van der Waals surface area contributed by atoms with Crippen molar-refractivity contribution in [1.29, 1.82) is 0 Å². The Bertz CT molecular complexity index is 510. The zero-order valence-electron chi connectivity index (χ0n) is 13.9. The molecule has 0 bridgehead atoms. The molecule has 1 amide bonds. The second-order valence-electron chi connectivity index (χ2n) is 6.61. The Morgan fingerprint density at radius 3 is 2.52 bits per heavy atom. The minimum atomic E-state index is -0.414. The molecule has 0 aliphatic carbocycles. The first-order chi connectivity index (χ1) is 9.93. The predicted molar refractivity (Wildman–Crippen MR) is 88.7 cm³/mol. The maximum atomic E-state index is 12.8. The van der Waals surface area contributed by atoms with Gasteiger partial charge in [0.1, 0.15) is 0 Å². The lowest BCUT2D eigenvalue weighted by atomic mass is 9.86. The Hall–Kier alpha value is -1.35. The number of para-hydroxylation sites is 1. The van der Waals surface area contributed by atoms with E-state index in [0.717, 1.165) is 30.8 Å². The molecular weight excluding hydrogens is 260 g/mol. The van der Waals surface area contributed by atoms with Gasteiger partial charge in [0, 0.05) is 18.3 Å². The first kappa shape index (κ1) is 16.0. The summed E-state index contributed by atoms with van der Waals surface area (Å²) >= 11 is 0. The van der Waals surface area contributed by atoms with Crippen LogP contribution in [0.25, 0.3) is 0 Å². The molecule has 1 aliphatic heterocycles. The first-order valence-electron chi connectivity index (χ1n) is 8.08. The van der Waals surface area contributed by atoms with Gasteiger partial charge in [0.15, 0.2) is 0 Å². The number of fused-ring (bicyclic) bond motifs is 1. The number of hydrogen-bond donors (Lipinski definition) is 1. The predicted octanol–water partition coefficient (Wildman–Crippen LogP) is 3.34. The van der Waals surface area contributed by atoms with Gasteiger partial charge in [-0.15, -0.1) is 0 Å². The summed E-state index contributed by atoms with van der Waals surface area (Å²) < 4.78 is 0. The monoisotopic (exact) mass is 288 g/mol. The maximum Gasteiger partial charge on any atom is 0.237 e. The number of anilines is 1. The van der Waals surface area contributed by atoms with Crippen LogP contribution in [-0.2, 0) is 10.2 Å². The fourth-order valence-electron chi connectivity index (χ4n) is 3.17. The molecule has 1 aromatic carbocycles. The highest BCUT2D eigenvalue weighted by Gasteiger charge is 2.44. The Morgan fingerprint density at radius 2 is 1.90 bits per heavy atom. The summed E-state index contributed by atoms with van der Waals surface area (Å²) in [4.78, 5) is 14.8. The second kappa shape index (κ2) is 6.18. The van der Waals surface area contributed by atoms with Crippen LogP contribution in [0.5, 0.6) is 0 Å². The zero-order chi connectivity index (χ0) is 15.6. The molecule has 0 saturated heterocycles. The van der Waals surface area contributed by atoms with Gasteiger partial charge in [0.2, 0.25) is 5.91 Å². The van der Waals surface area contributed by atoms with Gasteiger partial charge in [-0.05, 0) is 37.9 Å². The highest BCUT2D eigenvalue weighted by Crippen LogP contribution is 2.41. The van der Waals surface area contributed by atoms with Crippen LogP contribution < -0.4 is 10.2 Å². The third-order valence-corrected chi connectivity index (χ3v) is 4.82. The third kappa shape index (κ3) is 2.84. The van der Waals surface area contributed by atoms with Crippen molar-refractivity contribution in [3.8, 4) is 0 Å². The number of hydrogen-bond acceptors (Lipinski definition) is 2. The number of rotatable bonds is 6. The average molecular weight is 288 g/mol. The fourth-order valence-corrected chi connectivity index (χ4v) is 3.17. The van der Waals surface area contributed by atoms with Gasteiger partial charge in [0.25, 0.3) is 0 Å². The number of nitrogens with one attached hydrogen (secondary N) is 1. The van der Waals surface area contributed by atoms with E-state index in [0.29, 0.717) is 12.0 Å². The van der Waals surface area contributed by atoms with Crippen LogP contribution in [0, 0.1) is 5.92 Å². The van der Waals surface area contributed by atoms with Gasteiger partial charge in [-0.2, -0.15) is 0 Å². The van der Waals surface area contributed by atoms with E-state index in [2.05, 4.69) is 38.2 Å². The quantitative estimate of drug-likeness (QED) is 0.871. The molecule has 1 aliphatic rings. The molecule has 3 heteroatoms. The first-order valence-corrected chi connectivity index (χ1v) is 8.08. The van der Waals surface area contributed by atoms with Crippen LogP contribution in [0.2, 0.25) is 0 Å². The van der Waals surface area contributed by atoms with Crippen LogP contribution in [0.15, 0.2) is 24.3 Å². The van der Waals surface area contributed by atoms with Gasteiger partial charge in [-0.3, -0.25) is 4.79 Å². The molecule has 1 aromatic rings. The lowest BCUT2D eigenvalue weighted by Gasteiger charge is -2.30. The molecule has 0 aromatic heterocycles. The van der Waals surface area contributed by atoms with Gasteiger partial charge in [0.05, 0.1) is 5.41 Å². The van der Waals surface area contributed by atoms with Crippen molar-refractivity contribution in [3.05, 3.63) is 29.8 Å². The molecule has 1 heterocycles. The third-order valence-electron chi connectivity index (χ3n) is 4.82. The summed E-state index contributed by atoms with van der Waals surface area (Å²) in [6.45, 7) is 12.3. The molecule has 21 heavy (non-hydrogen) atoms. The summed E-state index contributed by atoms with van der Waals surface area (Å²) in [6, 6.07) is 8.53. The molecular formula is C18H28N2O. The molecule has 1 N–H and O–H groups in total. The van der Waals surface area contributed by atoms with E-state index in [9.17, 15) is 4.79 Å². The van der Waals surface area contributed by atoms with Crippen LogP contribution >= 0.6 is 0 Å². The van der Waals surface area contributed by atoms with Gasteiger partial charge < -0.3 is 10.2 Å². The minimum absolute atomic E-state index is 0.218. The van der Waals surface area contributed by atoms with E-state index >= 15 is 0 Å². The van der Waals surface area contributed by atoms with E-state index in [-0.39, 0.29) is 5.91 Å². The van der Waals surface area contributed by atoms with Crippen molar-refractivity contribution in [2.75, 3.05) is 18.0 Å². The highest BCUT2D eigenvalue weighted by atomic mass is 16.2. The van der Waals surface area contributed by atoms with Crippen LogP contribution in [0.1, 0.15) is 46.6 Å². The van der Waals surface area contributed by atoms with Crippen molar-refractivity contribution >= 4 is 11.6 Å². The lowest BCUT2D eigenvalue weighted by molar-refractivity contribution is -0.122.